The number of nitrogens with one attached hydrogen (secondary N) is 1. The van der Waals surface area contributed by atoms with Crippen LogP contribution >= 0.6 is 15.9 Å². The standard InChI is InChI=1S/C14H13BrN2O3/c15-10-3-1-9-6-11(4-2-8(9)5-10)17-14(20)12(16)7-13(18)19/h1-6,12H,7,16H2,(H,17,20)(H,18,19). The fraction of sp³-hybridized carbons (Fsp3) is 0.143. The quantitative estimate of drug-likeness (QED) is 0.798. The predicted molar refractivity (Wildman–Crippen MR) is 80.5 cm³/mol. The number of carbonyl (C=O) groups excluding carboxylic acids is 1. The summed E-state index contributed by atoms with van der Waals surface area (Å²) in [4.78, 5) is 22.2. The third-order valence-electron chi connectivity index (χ3n) is 2.80. The van der Waals surface area contributed by atoms with Crippen LogP contribution in [0.1, 0.15) is 6.42 Å². The molecule has 2 aromatic carbocycles. The van der Waals surface area contributed by atoms with Crippen molar-refractivity contribution >= 4 is 44.3 Å². The molecule has 0 spiro atoms. The zero-order chi connectivity index (χ0) is 14.7. The average Bonchev–Trinajstić information content (AvgIpc) is 2.38. The number of hydrogen-bond acceptors (Lipinski definition) is 3. The third kappa shape index (κ3) is 3.55. The number of benzene rings is 2. The van der Waals surface area contributed by atoms with Gasteiger partial charge in [0.2, 0.25) is 5.91 Å². The van der Waals surface area contributed by atoms with Crippen LogP contribution in [0, 0.1) is 0 Å². The van der Waals surface area contributed by atoms with E-state index in [1.165, 1.54) is 0 Å². The Hall–Kier alpha value is -1.92. The number of carboxylic acids is 1. The highest BCUT2D eigenvalue weighted by molar-refractivity contribution is 9.10. The van der Waals surface area contributed by atoms with Gasteiger partial charge in [0.15, 0.2) is 0 Å². The van der Waals surface area contributed by atoms with Gasteiger partial charge in [-0.25, -0.2) is 0 Å². The molecule has 6 heteroatoms. The highest BCUT2D eigenvalue weighted by Crippen LogP contribution is 2.23. The molecule has 0 bridgehead atoms. The maximum Gasteiger partial charge on any atom is 0.305 e. The Balaban J connectivity index is 2.15. The summed E-state index contributed by atoms with van der Waals surface area (Å²) in [5.74, 6) is -1.61. The highest BCUT2D eigenvalue weighted by atomic mass is 79.9. The number of hydrogen-bond donors (Lipinski definition) is 3. The van der Waals surface area contributed by atoms with Crippen LogP contribution in [0.25, 0.3) is 10.8 Å². The average molecular weight is 337 g/mol. The summed E-state index contributed by atoms with van der Waals surface area (Å²) in [6, 6.07) is 10.2. The lowest BCUT2D eigenvalue weighted by molar-refractivity contribution is -0.138. The molecule has 0 aliphatic rings. The number of anilines is 1. The fourth-order valence-electron chi connectivity index (χ4n) is 1.81. The number of aliphatic carboxylic acids is 1. The minimum atomic E-state index is -1.10. The van der Waals surface area contributed by atoms with Crippen molar-refractivity contribution in [3.05, 3.63) is 40.9 Å². The topological polar surface area (TPSA) is 92.4 Å². The number of carboxylic acid groups (broad SMARTS) is 1. The molecule has 1 unspecified atom stereocenters. The molecule has 0 saturated heterocycles. The molecule has 0 aromatic heterocycles. The second-order valence-corrected chi connectivity index (χ2v) is 5.32. The van der Waals surface area contributed by atoms with Gasteiger partial charge in [-0.15, -0.1) is 0 Å². The van der Waals surface area contributed by atoms with Crippen molar-refractivity contribution in [1.82, 2.24) is 0 Å². The van der Waals surface area contributed by atoms with Gasteiger partial charge in [0.1, 0.15) is 0 Å². The number of halogens is 1. The second-order valence-electron chi connectivity index (χ2n) is 4.40. The van der Waals surface area contributed by atoms with Crippen molar-refractivity contribution in [2.45, 2.75) is 12.5 Å². The van der Waals surface area contributed by atoms with E-state index in [0.29, 0.717) is 5.69 Å². The van der Waals surface area contributed by atoms with Gasteiger partial charge in [0.25, 0.3) is 0 Å². The molecule has 2 aromatic rings. The smallest absolute Gasteiger partial charge is 0.305 e. The Kier molecular flexibility index (Phi) is 4.36. The van der Waals surface area contributed by atoms with E-state index in [-0.39, 0.29) is 0 Å². The lowest BCUT2D eigenvalue weighted by Crippen LogP contribution is -2.37. The second kappa shape index (κ2) is 6.02. The van der Waals surface area contributed by atoms with Gasteiger partial charge in [-0.2, -0.15) is 0 Å². The molecule has 5 nitrogen and oxygen atoms in total. The lowest BCUT2D eigenvalue weighted by atomic mass is 10.1. The van der Waals surface area contributed by atoms with Crippen LogP contribution in [0.5, 0.6) is 0 Å². The molecule has 20 heavy (non-hydrogen) atoms. The number of rotatable bonds is 4. The van der Waals surface area contributed by atoms with Gasteiger partial charge in [0, 0.05) is 10.2 Å². The van der Waals surface area contributed by atoms with E-state index in [0.717, 1.165) is 15.2 Å². The molecule has 1 amide bonds. The molecule has 0 heterocycles. The van der Waals surface area contributed by atoms with Crippen molar-refractivity contribution < 1.29 is 14.7 Å². The van der Waals surface area contributed by atoms with Gasteiger partial charge in [0.05, 0.1) is 12.5 Å². The minimum Gasteiger partial charge on any atom is -0.481 e. The first-order chi connectivity index (χ1) is 9.45. The van der Waals surface area contributed by atoms with Crippen molar-refractivity contribution in [2.75, 3.05) is 5.32 Å². The molecule has 0 saturated carbocycles. The molecule has 0 aliphatic heterocycles. The van der Waals surface area contributed by atoms with Gasteiger partial charge >= 0.3 is 5.97 Å². The molecule has 0 radical (unpaired) electrons. The zero-order valence-corrected chi connectivity index (χ0v) is 12.1. The maximum atomic E-state index is 11.7. The summed E-state index contributed by atoms with van der Waals surface area (Å²) in [6.45, 7) is 0. The predicted octanol–water partition coefficient (Wildman–Crippen LogP) is 2.34. The number of carbonyl (C=O) groups is 2. The summed E-state index contributed by atoms with van der Waals surface area (Å²) in [7, 11) is 0. The van der Waals surface area contributed by atoms with Crippen LogP contribution < -0.4 is 11.1 Å². The lowest BCUT2D eigenvalue weighted by Gasteiger charge is -2.11. The summed E-state index contributed by atoms with van der Waals surface area (Å²) in [5, 5.41) is 13.2. The van der Waals surface area contributed by atoms with E-state index in [1.807, 2.05) is 30.3 Å². The number of nitrogens with two attached hydrogens (primary N) is 1. The van der Waals surface area contributed by atoms with E-state index in [1.54, 1.807) is 6.07 Å². The van der Waals surface area contributed by atoms with Crippen LogP contribution in [-0.4, -0.2) is 23.0 Å². The SMILES string of the molecule is NC(CC(=O)O)C(=O)Nc1ccc2cc(Br)ccc2c1. The molecule has 2 rings (SSSR count). The molecular weight excluding hydrogens is 324 g/mol. The van der Waals surface area contributed by atoms with Crippen LogP contribution in [-0.2, 0) is 9.59 Å². The zero-order valence-electron chi connectivity index (χ0n) is 10.5. The molecule has 0 aliphatic carbocycles. The van der Waals surface area contributed by atoms with Crippen molar-refractivity contribution in [2.24, 2.45) is 5.73 Å². The third-order valence-corrected chi connectivity index (χ3v) is 3.29. The Morgan fingerprint density at radius 3 is 2.55 bits per heavy atom. The Labute approximate surface area is 123 Å². The Morgan fingerprint density at radius 2 is 1.85 bits per heavy atom. The Morgan fingerprint density at radius 1 is 1.20 bits per heavy atom. The van der Waals surface area contributed by atoms with Crippen molar-refractivity contribution in [3.63, 3.8) is 0 Å². The first-order valence-corrected chi connectivity index (χ1v) is 6.72. The van der Waals surface area contributed by atoms with E-state index < -0.39 is 24.3 Å². The van der Waals surface area contributed by atoms with Crippen LogP contribution in [0.4, 0.5) is 5.69 Å². The van der Waals surface area contributed by atoms with E-state index in [9.17, 15) is 9.59 Å². The number of fused-ring (bicyclic) bond motifs is 1. The minimum absolute atomic E-state index is 0.396. The maximum absolute atomic E-state index is 11.7. The van der Waals surface area contributed by atoms with Crippen LogP contribution in [0.3, 0.4) is 0 Å². The van der Waals surface area contributed by atoms with Gasteiger partial charge in [-0.3, -0.25) is 9.59 Å². The molecule has 0 fully saturated rings. The summed E-state index contributed by atoms with van der Waals surface area (Å²) < 4.78 is 0.977. The van der Waals surface area contributed by atoms with E-state index >= 15 is 0 Å². The van der Waals surface area contributed by atoms with E-state index in [2.05, 4.69) is 21.2 Å². The monoisotopic (exact) mass is 336 g/mol. The molecule has 4 N–H and O–H groups in total. The van der Waals surface area contributed by atoms with Crippen molar-refractivity contribution in [1.29, 1.82) is 0 Å². The molecular formula is C14H13BrN2O3. The Bertz CT molecular complexity index is 673. The fourth-order valence-corrected chi connectivity index (χ4v) is 2.19. The normalized spacial score (nSPS) is 12.1. The summed E-state index contributed by atoms with van der Waals surface area (Å²) in [6.07, 6.45) is -0.396. The largest absolute Gasteiger partial charge is 0.481 e. The first-order valence-electron chi connectivity index (χ1n) is 5.93. The first kappa shape index (κ1) is 14.5. The van der Waals surface area contributed by atoms with Gasteiger partial charge in [-0.1, -0.05) is 28.1 Å². The van der Waals surface area contributed by atoms with Gasteiger partial charge < -0.3 is 16.2 Å². The summed E-state index contributed by atoms with van der Waals surface area (Å²) >= 11 is 3.39. The van der Waals surface area contributed by atoms with Crippen LogP contribution in [0.2, 0.25) is 0 Å². The van der Waals surface area contributed by atoms with Crippen LogP contribution in [0.15, 0.2) is 40.9 Å². The highest BCUT2D eigenvalue weighted by Gasteiger charge is 2.17. The van der Waals surface area contributed by atoms with Crippen molar-refractivity contribution in [3.8, 4) is 0 Å². The van der Waals surface area contributed by atoms with Gasteiger partial charge in [-0.05, 0) is 35.0 Å². The number of amides is 1. The summed E-state index contributed by atoms with van der Waals surface area (Å²) in [5.41, 5.74) is 6.09. The molecule has 104 valence electrons. The molecule has 1 atom stereocenters. The van der Waals surface area contributed by atoms with E-state index in [4.69, 9.17) is 10.8 Å².